The Hall–Kier alpha value is -1.64. The van der Waals surface area contributed by atoms with Gasteiger partial charge in [-0.25, -0.2) is 4.39 Å². The van der Waals surface area contributed by atoms with Crippen LogP contribution in [0.15, 0.2) is 24.3 Å². The van der Waals surface area contributed by atoms with Crippen molar-refractivity contribution in [2.75, 3.05) is 0 Å². The molecular formula is C15H17FO2. The highest BCUT2D eigenvalue weighted by atomic mass is 19.1. The Balaban J connectivity index is 2.41. The number of esters is 1. The molecule has 0 spiro atoms. The topological polar surface area (TPSA) is 26.3 Å². The number of hydrogen-bond donors (Lipinski definition) is 0. The minimum absolute atomic E-state index is 0.300. The highest BCUT2D eigenvalue weighted by Gasteiger charge is 2.37. The van der Waals surface area contributed by atoms with Gasteiger partial charge in [-0.2, -0.15) is 0 Å². The summed E-state index contributed by atoms with van der Waals surface area (Å²) >= 11 is 0. The van der Waals surface area contributed by atoms with Gasteiger partial charge in [0.15, 0.2) is 5.60 Å². The number of halogens is 1. The molecule has 0 saturated carbocycles. The molecule has 0 amide bonds. The fourth-order valence-electron chi connectivity index (χ4n) is 2.41. The predicted molar refractivity (Wildman–Crippen MR) is 68.4 cm³/mol. The Morgan fingerprint density at radius 3 is 2.89 bits per heavy atom. The van der Waals surface area contributed by atoms with Gasteiger partial charge in [0.25, 0.3) is 0 Å². The first-order chi connectivity index (χ1) is 8.57. The molecule has 3 heteroatoms. The van der Waals surface area contributed by atoms with E-state index in [0.29, 0.717) is 6.42 Å². The van der Waals surface area contributed by atoms with Crippen LogP contribution in [0.5, 0.6) is 0 Å². The lowest BCUT2D eigenvalue weighted by Crippen LogP contribution is -2.28. The van der Waals surface area contributed by atoms with Gasteiger partial charge in [0.05, 0.1) is 0 Å². The summed E-state index contributed by atoms with van der Waals surface area (Å²) in [6.45, 7) is 3.46. The molecular weight excluding hydrogens is 231 g/mol. The van der Waals surface area contributed by atoms with Gasteiger partial charge in [-0.1, -0.05) is 25.5 Å². The van der Waals surface area contributed by atoms with E-state index in [1.54, 1.807) is 6.07 Å². The summed E-state index contributed by atoms with van der Waals surface area (Å²) in [5.41, 5.74) is 0.902. The quantitative estimate of drug-likeness (QED) is 0.757. The Bertz CT molecular complexity index is 493. The molecule has 0 heterocycles. The first-order valence-electron chi connectivity index (χ1n) is 6.26. The van der Waals surface area contributed by atoms with Gasteiger partial charge in [-0.15, -0.1) is 0 Å². The van der Waals surface area contributed by atoms with Gasteiger partial charge in [-0.05, 0) is 36.6 Å². The van der Waals surface area contributed by atoms with E-state index in [0.717, 1.165) is 24.0 Å². The van der Waals surface area contributed by atoms with Crippen molar-refractivity contribution >= 4 is 12.0 Å². The van der Waals surface area contributed by atoms with E-state index in [4.69, 9.17) is 4.74 Å². The van der Waals surface area contributed by atoms with Crippen LogP contribution >= 0.6 is 0 Å². The maximum absolute atomic E-state index is 13.4. The van der Waals surface area contributed by atoms with Crippen molar-refractivity contribution in [2.45, 2.75) is 38.7 Å². The number of fused-ring (bicyclic) bond motifs is 1. The smallest absolute Gasteiger partial charge is 0.303 e. The third-order valence-electron chi connectivity index (χ3n) is 3.23. The number of rotatable bonds is 4. The van der Waals surface area contributed by atoms with Crippen molar-refractivity contribution in [2.24, 2.45) is 0 Å². The largest absolute Gasteiger partial charge is 0.450 e. The SMILES string of the molecule is CCCCC1(OC(C)=O)C=Cc2ccc(F)cc21. The molecule has 1 aromatic carbocycles. The number of unbranched alkanes of at least 4 members (excludes halogenated alkanes) is 1. The molecule has 1 unspecified atom stereocenters. The molecule has 0 fully saturated rings. The second-order valence-corrected chi connectivity index (χ2v) is 4.65. The van der Waals surface area contributed by atoms with Gasteiger partial charge in [-0.3, -0.25) is 4.79 Å². The van der Waals surface area contributed by atoms with Crippen LogP contribution in [0.2, 0.25) is 0 Å². The van der Waals surface area contributed by atoms with E-state index in [2.05, 4.69) is 6.92 Å². The molecule has 0 saturated heterocycles. The Morgan fingerprint density at radius 2 is 2.22 bits per heavy atom. The average molecular weight is 248 g/mol. The van der Waals surface area contributed by atoms with Crippen LogP contribution in [0.4, 0.5) is 4.39 Å². The second kappa shape index (κ2) is 4.92. The standard InChI is InChI=1S/C15H17FO2/c1-3-4-8-15(18-11(2)17)9-7-12-5-6-13(16)10-14(12)15/h5-7,9-10H,3-4,8H2,1-2H3. The molecule has 0 N–H and O–H groups in total. The summed E-state index contributed by atoms with van der Waals surface area (Å²) in [7, 11) is 0. The van der Waals surface area contributed by atoms with Crippen LogP contribution in [0, 0.1) is 5.82 Å². The average Bonchev–Trinajstić information content (AvgIpc) is 2.65. The van der Waals surface area contributed by atoms with E-state index in [9.17, 15) is 9.18 Å². The van der Waals surface area contributed by atoms with Crippen molar-refractivity contribution in [3.05, 3.63) is 41.2 Å². The van der Waals surface area contributed by atoms with Crippen LogP contribution in [-0.4, -0.2) is 5.97 Å². The zero-order chi connectivity index (χ0) is 13.2. The van der Waals surface area contributed by atoms with Crippen LogP contribution < -0.4 is 0 Å². The summed E-state index contributed by atoms with van der Waals surface area (Å²) in [5, 5.41) is 0. The Morgan fingerprint density at radius 1 is 1.44 bits per heavy atom. The van der Waals surface area contributed by atoms with Gasteiger partial charge < -0.3 is 4.74 Å². The highest BCUT2D eigenvalue weighted by Crippen LogP contribution is 2.41. The number of benzene rings is 1. The highest BCUT2D eigenvalue weighted by molar-refractivity contribution is 5.71. The van der Waals surface area contributed by atoms with Crippen molar-refractivity contribution in [1.29, 1.82) is 0 Å². The van der Waals surface area contributed by atoms with E-state index < -0.39 is 5.60 Å². The second-order valence-electron chi connectivity index (χ2n) is 4.65. The maximum Gasteiger partial charge on any atom is 0.303 e. The predicted octanol–water partition coefficient (Wildman–Crippen LogP) is 3.80. The van der Waals surface area contributed by atoms with E-state index in [1.807, 2.05) is 12.2 Å². The summed E-state index contributed by atoms with van der Waals surface area (Å²) in [5.74, 6) is -0.640. The molecule has 1 atom stereocenters. The zero-order valence-electron chi connectivity index (χ0n) is 10.7. The molecule has 0 radical (unpaired) electrons. The fourth-order valence-corrected chi connectivity index (χ4v) is 2.41. The van der Waals surface area contributed by atoms with Crippen molar-refractivity contribution < 1.29 is 13.9 Å². The van der Waals surface area contributed by atoms with Crippen LogP contribution in [-0.2, 0) is 15.1 Å². The lowest BCUT2D eigenvalue weighted by molar-refractivity contribution is -0.153. The molecule has 0 aromatic heterocycles. The number of hydrogen-bond acceptors (Lipinski definition) is 2. The monoisotopic (exact) mass is 248 g/mol. The van der Waals surface area contributed by atoms with E-state index in [1.165, 1.54) is 19.1 Å². The molecule has 1 aliphatic carbocycles. The van der Waals surface area contributed by atoms with Gasteiger partial charge in [0, 0.05) is 12.5 Å². The van der Waals surface area contributed by atoms with E-state index >= 15 is 0 Å². The Labute approximate surface area is 106 Å². The number of carbonyl (C=O) groups is 1. The van der Waals surface area contributed by atoms with Gasteiger partial charge in [0.2, 0.25) is 0 Å². The van der Waals surface area contributed by atoms with Gasteiger partial charge >= 0.3 is 5.97 Å². The summed E-state index contributed by atoms with van der Waals surface area (Å²) in [6.07, 6.45) is 6.38. The molecule has 0 aliphatic heterocycles. The molecule has 0 bridgehead atoms. The van der Waals surface area contributed by atoms with Crippen LogP contribution in [0.1, 0.15) is 44.2 Å². The van der Waals surface area contributed by atoms with Crippen molar-refractivity contribution in [3.8, 4) is 0 Å². The van der Waals surface area contributed by atoms with Gasteiger partial charge in [0.1, 0.15) is 5.82 Å². The lowest BCUT2D eigenvalue weighted by Gasteiger charge is -2.28. The summed E-state index contributed by atoms with van der Waals surface area (Å²) < 4.78 is 18.9. The Kier molecular flexibility index (Phi) is 3.50. The minimum Gasteiger partial charge on any atom is -0.450 e. The van der Waals surface area contributed by atoms with Crippen molar-refractivity contribution in [3.63, 3.8) is 0 Å². The molecule has 2 nitrogen and oxygen atoms in total. The summed E-state index contributed by atoms with van der Waals surface area (Å²) in [6, 6.07) is 4.61. The van der Waals surface area contributed by atoms with Crippen LogP contribution in [0.3, 0.4) is 0 Å². The van der Waals surface area contributed by atoms with E-state index in [-0.39, 0.29) is 11.8 Å². The molecule has 1 aromatic rings. The third kappa shape index (κ3) is 2.30. The molecule has 1 aliphatic rings. The zero-order valence-corrected chi connectivity index (χ0v) is 10.7. The first kappa shape index (κ1) is 12.8. The first-order valence-corrected chi connectivity index (χ1v) is 6.26. The maximum atomic E-state index is 13.4. The molecule has 18 heavy (non-hydrogen) atoms. The minimum atomic E-state index is -0.778. The number of carbonyl (C=O) groups excluding carboxylic acids is 1. The molecule has 96 valence electrons. The third-order valence-corrected chi connectivity index (χ3v) is 3.23. The van der Waals surface area contributed by atoms with Crippen LogP contribution in [0.25, 0.3) is 6.08 Å². The fraction of sp³-hybridized carbons (Fsp3) is 0.400. The van der Waals surface area contributed by atoms with Crippen molar-refractivity contribution in [1.82, 2.24) is 0 Å². The summed E-state index contributed by atoms with van der Waals surface area (Å²) in [4.78, 5) is 11.3. The number of ether oxygens (including phenoxy) is 1. The normalized spacial score (nSPS) is 20.8. The lowest BCUT2D eigenvalue weighted by atomic mass is 9.90. The molecule has 2 rings (SSSR count).